The quantitative estimate of drug-likeness (QED) is 0.894. The molecule has 2 saturated heterocycles. The van der Waals surface area contributed by atoms with Crippen LogP contribution in [-0.4, -0.2) is 65.6 Å². The number of methoxy groups -OCH3 is 1. The van der Waals surface area contributed by atoms with Crippen LogP contribution in [0.5, 0.6) is 0 Å². The lowest BCUT2D eigenvalue weighted by Crippen LogP contribution is -2.52. The number of hydrogen-bond donors (Lipinski definition) is 1. The fourth-order valence-electron chi connectivity index (χ4n) is 3.86. The monoisotopic (exact) mass is 320 g/mol. The van der Waals surface area contributed by atoms with Gasteiger partial charge in [-0.05, 0) is 44.7 Å². The highest BCUT2D eigenvalue weighted by molar-refractivity contribution is 5.77. The van der Waals surface area contributed by atoms with Crippen molar-refractivity contribution in [1.82, 2.24) is 19.8 Å². The van der Waals surface area contributed by atoms with Gasteiger partial charge in [-0.25, -0.2) is 4.98 Å². The largest absolute Gasteiger partial charge is 0.383 e. The number of aromatic nitrogens is 2. The summed E-state index contributed by atoms with van der Waals surface area (Å²) >= 11 is 0. The molecule has 1 spiro atoms. The lowest BCUT2D eigenvalue weighted by Gasteiger charge is -2.47. The Morgan fingerprint density at radius 3 is 2.78 bits per heavy atom. The number of rotatable bonds is 5. The third-order valence-electron chi connectivity index (χ3n) is 5.36. The Kier molecular flexibility index (Phi) is 5.02. The minimum atomic E-state index is 0.293. The first-order valence-corrected chi connectivity index (χ1v) is 8.60. The molecule has 23 heavy (non-hydrogen) atoms. The molecule has 0 bridgehead atoms. The number of likely N-dealkylation sites (tertiary alicyclic amines) is 2. The summed E-state index contributed by atoms with van der Waals surface area (Å²) in [6, 6.07) is 0. The highest BCUT2D eigenvalue weighted by Gasteiger charge is 2.40. The van der Waals surface area contributed by atoms with Gasteiger partial charge < -0.3 is 14.6 Å². The molecule has 0 saturated carbocycles. The van der Waals surface area contributed by atoms with Gasteiger partial charge in [0.25, 0.3) is 0 Å². The third-order valence-corrected chi connectivity index (χ3v) is 5.36. The van der Waals surface area contributed by atoms with Crippen molar-refractivity contribution < 1.29 is 9.53 Å². The van der Waals surface area contributed by atoms with E-state index in [4.69, 9.17) is 4.74 Å². The van der Waals surface area contributed by atoms with Gasteiger partial charge in [-0.1, -0.05) is 0 Å². The average molecular weight is 320 g/mol. The van der Waals surface area contributed by atoms with Crippen LogP contribution in [0.3, 0.4) is 0 Å². The van der Waals surface area contributed by atoms with Crippen molar-refractivity contribution >= 4 is 5.91 Å². The predicted octanol–water partition coefficient (Wildman–Crippen LogP) is 1.57. The van der Waals surface area contributed by atoms with Crippen LogP contribution in [0.2, 0.25) is 0 Å². The summed E-state index contributed by atoms with van der Waals surface area (Å²) in [4.78, 5) is 24.3. The van der Waals surface area contributed by atoms with Crippen molar-refractivity contribution in [3.63, 3.8) is 0 Å². The van der Waals surface area contributed by atoms with E-state index in [1.165, 1.54) is 12.8 Å². The molecule has 0 atom stereocenters. The van der Waals surface area contributed by atoms with Crippen molar-refractivity contribution in [1.29, 1.82) is 0 Å². The number of nitrogens with one attached hydrogen (secondary N) is 1. The van der Waals surface area contributed by atoms with Crippen LogP contribution in [-0.2, 0) is 16.1 Å². The summed E-state index contributed by atoms with van der Waals surface area (Å²) < 4.78 is 5.14. The summed E-state index contributed by atoms with van der Waals surface area (Å²) in [6.07, 6.45) is 5.97. The van der Waals surface area contributed by atoms with Crippen molar-refractivity contribution in [3.8, 4) is 0 Å². The molecular formula is C17H28N4O2. The lowest BCUT2D eigenvalue weighted by molar-refractivity contribution is -0.140. The van der Waals surface area contributed by atoms with Gasteiger partial charge in [-0.3, -0.25) is 9.69 Å². The summed E-state index contributed by atoms with van der Waals surface area (Å²) in [5, 5.41) is 0. The first-order valence-electron chi connectivity index (χ1n) is 8.60. The minimum absolute atomic E-state index is 0.293. The van der Waals surface area contributed by atoms with Crippen LogP contribution in [0.25, 0.3) is 0 Å². The molecule has 0 unspecified atom stereocenters. The Labute approximate surface area is 138 Å². The maximum Gasteiger partial charge on any atom is 0.222 e. The van der Waals surface area contributed by atoms with Crippen LogP contribution >= 0.6 is 0 Å². The van der Waals surface area contributed by atoms with Gasteiger partial charge in [-0.2, -0.15) is 0 Å². The van der Waals surface area contributed by atoms with Gasteiger partial charge in [-0.15, -0.1) is 0 Å². The first-order chi connectivity index (χ1) is 11.1. The Balaban J connectivity index is 1.53. The maximum atomic E-state index is 12.1. The summed E-state index contributed by atoms with van der Waals surface area (Å²) in [6.45, 7) is 7.38. The van der Waals surface area contributed by atoms with Gasteiger partial charge >= 0.3 is 0 Å². The second-order valence-electron chi connectivity index (χ2n) is 7.10. The van der Waals surface area contributed by atoms with Crippen molar-refractivity contribution in [2.75, 3.05) is 39.9 Å². The Morgan fingerprint density at radius 2 is 2.13 bits per heavy atom. The molecule has 2 aliphatic heterocycles. The summed E-state index contributed by atoms with van der Waals surface area (Å²) in [7, 11) is 1.69. The molecule has 1 aromatic heterocycles. The molecule has 0 aromatic carbocycles. The topological polar surface area (TPSA) is 61.5 Å². The molecule has 1 amide bonds. The third kappa shape index (κ3) is 3.93. The molecule has 2 aliphatic rings. The second-order valence-corrected chi connectivity index (χ2v) is 7.10. The molecule has 2 fully saturated rings. The van der Waals surface area contributed by atoms with Gasteiger partial charge in [0.2, 0.25) is 5.91 Å². The molecule has 1 aromatic rings. The normalized spacial score (nSPS) is 22.0. The van der Waals surface area contributed by atoms with Crippen molar-refractivity contribution in [2.24, 2.45) is 5.41 Å². The van der Waals surface area contributed by atoms with E-state index in [2.05, 4.69) is 14.9 Å². The number of nitrogens with zero attached hydrogens (tertiary/aromatic N) is 3. The highest BCUT2D eigenvalue weighted by Crippen LogP contribution is 2.40. The van der Waals surface area contributed by atoms with Crippen molar-refractivity contribution in [2.45, 2.75) is 39.2 Å². The fraction of sp³-hybridized carbons (Fsp3) is 0.765. The van der Waals surface area contributed by atoms with E-state index in [0.29, 0.717) is 24.3 Å². The van der Waals surface area contributed by atoms with Crippen LogP contribution < -0.4 is 0 Å². The van der Waals surface area contributed by atoms with Crippen LogP contribution in [0, 0.1) is 12.3 Å². The lowest BCUT2D eigenvalue weighted by atomic mass is 9.72. The van der Waals surface area contributed by atoms with E-state index in [-0.39, 0.29) is 0 Å². The number of carbonyl (C=O) groups is 1. The standard InChI is InChI=1S/C17H28N4O2/c1-14-11-18-15(19-14)12-20-7-5-17(6-8-20)4-3-16(22)21(13-17)9-10-23-2/h11H,3-10,12-13H2,1-2H3,(H,18,19). The molecule has 3 rings (SSSR count). The number of aryl methyl sites for hydroxylation is 1. The van der Waals surface area contributed by atoms with Crippen molar-refractivity contribution in [3.05, 3.63) is 17.7 Å². The number of aromatic amines is 1. The van der Waals surface area contributed by atoms with E-state index < -0.39 is 0 Å². The van der Waals surface area contributed by atoms with E-state index in [0.717, 1.165) is 50.7 Å². The Hall–Kier alpha value is -1.40. The molecule has 1 N–H and O–H groups in total. The number of amides is 1. The molecule has 0 aliphatic carbocycles. The maximum absolute atomic E-state index is 12.1. The molecular weight excluding hydrogens is 292 g/mol. The molecule has 3 heterocycles. The van der Waals surface area contributed by atoms with Gasteiger partial charge in [0.1, 0.15) is 5.82 Å². The van der Waals surface area contributed by atoms with Gasteiger partial charge in [0.15, 0.2) is 0 Å². The number of carbonyl (C=O) groups excluding carboxylic acids is 1. The van der Waals surface area contributed by atoms with Gasteiger partial charge in [0, 0.05) is 38.5 Å². The Morgan fingerprint density at radius 1 is 1.35 bits per heavy atom. The van der Waals surface area contributed by atoms with E-state index in [1.807, 2.05) is 18.0 Å². The number of imidazole rings is 1. The van der Waals surface area contributed by atoms with E-state index >= 15 is 0 Å². The zero-order valence-electron chi connectivity index (χ0n) is 14.3. The second kappa shape index (κ2) is 7.01. The van der Waals surface area contributed by atoms with Gasteiger partial charge in [0.05, 0.1) is 13.2 Å². The zero-order valence-corrected chi connectivity index (χ0v) is 14.3. The number of ether oxygens (including phenoxy) is 1. The molecule has 128 valence electrons. The van der Waals surface area contributed by atoms with E-state index in [9.17, 15) is 4.79 Å². The highest BCUT2D eigenvalue weighted by atomic mass is 16.5. The zero-order chi connectivity index (χ0) is 16.3. The first kappa shape index (κ1) is 16.5. The smallest absolute Gasteiger partial charge is 0.222 e. The molecule has 6 nitrogen and oxygen atoms in total. The predicted molar refractivity (Wildman–Crippen MR) is 88.0 cm³/mol. The average Bonchev–Trinajstić information content (AvgIpc) is 2.96. The van der Waals surface area contributed by atoms with Crippen LogP contribution in [0.15, 0.2) is 6.20 Å². The fourth-order valence-corrected chi connectivity index (χ4v) is 3.86. The summed E-state index contributed by atoms with van der Waals surface area (Å²) in [5.74, 6) is 1.35. The minimum Gasteiger partial charge on any atom is -0.383 e. The number of piperidine rings is 2. The van der Waals surface area contributed by atoms with Crippen LogP contribution in [0.1, 0.15) is 37.2 Å². The molecule has 0 radical (unpaired) electrons. The summed E-state index contributed by atoms with van der Waals surface area (Å²) in [5.41, 5.74) is 1.44. The SMILES string of the molecule is COCCN1CC2(CCC1=O)CCN(Cc1ncc(C)[nH]1)CC2. The van der Waals surface area contributed by atoms with E-state index in [1.54, 1.807) is 7.11 Å². The molecule has 6 heteroatoms. The Bertz CT molecular complexity index is 534. The number of H-pyrrole nitrogens is 1. The van der Waals surface area contributed by atoms with Crippen LogP contribution in [0.4, 0.5) is 0 Å². The number of hydrogen-bond acceptors (Lipinski definition) is 4.